The van der Waals surface area contributed by atoms with Gasteiger partial charge < -0.3 is 19.3 Å². The number of amides is 1. The third-order valence-electron chi connectivity index (χ3n) is 2.53. The SMILES string of the molecule is COC1CN(C(=O)OC(C)(C)C)C(OC)C1O. The quantitative estimate of drug-likeness (QED) is 0.773. The lowest BCUT2D eigenvalue weighted by molar-refractivity contribution is -0.0853. The molecule has 6 nitrogen and oxygen atoms in total. The Kier molecular flexibility index (Phi) is 4.35. The van der Waals surface area contributed by atoms with E-state index in [9.17, 15) is 9.90 Å². The Morgan fingerprint density at radius 1 is 1.29 bits per heavy atom. The van der Waals surface area contributed by atoms with Gasteiger partial charge in [0.25, 0.3) is 0 Å². The Morgan fingerprint density at radius 2 is 1.88 bits per heavy atom. The zero-order valence-corrected chi connectivity index (χ0v) is 11.0. The van der Waals surface area contributed by atoms with Crippen LogP contribution in [0.15, 0.2) is 0 Å². The van der Waals surface area contributed by atoms with Crippen LogP contribution in [0.5, 0.6) is 0 Å². The lowest BCUT2D eigenvalue weighted by atomic mass is 10.2. The van der Waals surface area contributed by atoms with Crippen molar-refractivity contribution in [1.82, 2.24) is 4.90 Å². The molecule has 1 N–H and O–H groups in total. The van der Waals surface area contributed by atoms with Crippen molar-refractivity contribution in [3.8, 4) is 0 Å². The number of hydrogen-bond acceptors (Lipinski definition) is 5. The van der Waals surface area contributed by atoms with Crippen molar-refractivity contribution >= 4 is 6.09 Å². The van der Waals surface area contributed by atoms with E-state index in [0.717, 1.165) is 0 Å². The summed E-state index contributed by atoms with van der Waals surface area (Å²) in [5.74, 6) is 0. The summed E-state index contributed by atoms with van der Waals surface area (Å²) in [6, 6.07) is 0. The molecule has 3 atom stereocenters. The molecule has 1 amide bonds. The highest BCUT2D eigenvalue weighted by Crippen LogP contribution is 2.23. The molecule has 0 spiro atoms. The van der Waals surface area contributed by atoms with E-state index in [-0.39, 0.29) is 6.54 Å². The lowest BCUT2D eigenvalue weighted by Crippen LogP contribution is -2.43. The largest absolute Gasteiger partial charge is 0.444 e. The zero-order chi connectivity index (χ0) is 13.2. The Hall–Kier alpha value is -0.850. The molecule has 1 fully saturated rings. The predicted molar refractivity (Wildman–Crippen MR) is 60.5 cm³/mol. The topological polar surface area (TPSA) is 68.2 Å². The van der Waals surface area contributed by atoms with Crippen LogP contribution in [0, 0.1) is 0 Å². The molecule has 3 unspecified atom stereocenters. The van der Waals surface area contributed by atoms with Gasteiger partial charge >= 0.3 is 6.09 Å². The van der Waals surface area contributed by atoms with Crippen LogP contribution >= 0.6 is 0 Å². The fourth-order valence-electron chi connectivity index (χ4n) is 1.75. The predicted octanol–water partition coefficient (Wildman–Crippen LogP) is 0.586. The number of ether oxygens (including phenoxy) is 3. The highest BCUT2D eigenvalue weighted by atomic mass is 16.6. The van der Waals surface area contributed by atoms with Crippen molar-refractivity contribution in [2.75, 3.05) is 20.8 Å². The summed E-state index contributed by atoms with van der Waals surface area (Å²) in [5, 5.41) is 9.87. The molecule has 1 heterocycles. The Morgan fingerprint density at radius 3 is 2.29 bits per heavy atom. The lowest BCUT2D eigenvalue weighted by Gasteiger charge is -2.28. The third kappa shape index (κ3) is 3.31. The maximum Gasteiger partial charge on any atom is 0.412 e. The van der Waals surface area contributed by atoms with Crippen molar-refractivity contribution in [1.29, 1.82) is 0 Å². The van der Waals surface area contributed by atoms with Crippen LogP contribution in [0.2, 0.25) is 0 Å². The maximum absolute atomic E-state index is 11.9. The third-order valence-corrected chi connectivity index (χ3v) is 2.53. The first kappa shape index (κ1) is 14.2. The molecule has 1 rings (SSSR count). The number of aliphatic hydroxyl groups is 1. The van der Waals surface area contributed by atoms with Crippen LogP contribution in [-0.4, -0.2) is 60.9 Å². The summed E-state index contributed by atoms with van der Waals surface area (Å²) < 4.78 is 15.4. The average molecular weight is 247 g/mol. The molecule has 0 saturated carbocycles. The number of rotatable bonds is 2. The van der Waals surface area contributed by atoms with E-state index in [4.69, 9.17) is 14.2 Å². The smallest absolute Gasteiger partial charge is 0.412 e. The molecule has 0 radical (unpaired) electrons. The van der Waals surface area contributed by atoms with Crippen LogP contribution in [0.3, 0.4) is 0 Å². The summed E-state index contributed by atoms with van der Waals surface area (Å²) in [7, 11) is 2.92. The molecular formula is C11H21NO5. The van der Waals surface area contributed by atoms with Gasteiger partial charge in [-0.15, -0.1) is 0 Å². The van der Waals surface area contributed by atoms with Gasteiger partial charge in [-0.2, -0.15) is 0 Å². The molecule has 0 aromatic carbocycles. The minimum Gasteiger partial charge on any atom is -0.444 e. The standard InChI is InChI=1S/C11H21NO5/c1-11(2,3)17-10(14)12-6-7(15-4)8(13)9(12)16-5/h7-9,13H,6H2,1-5H3. The van der Waals surface area contributed by atoms with E-state index in [0.29, 0.717) is 0 Å². The van der Waals surface area contributed by atoms with Crippen LogP contribution in [0.1, 0.15) is 20.8 Å². The van der Waals surface area contributed by atoms with Gasteiger partial charge in [-0.3, -0.25) is 4.90 Å². The van der Waals surface area contributed by atoms with Crippen molar-refractivity contribution in [3.05, 3.63) is 0 Å². The van der Waals surface area contributed by atoms with Crippen LogP contribution in [-0.2, 0) is 14.2 Å². The normalized spacial score (nSPS) is 29.5. The van der Waals surface area contributed by atoms with Gasteiger partial charge in [0.2, 0.25) is 0 Å². The Balaban J connectivity index is 2.73. The van der Waals surface area contributed by atoms with Crippen molar-refractivity contribution in [2.45, 2.75) is 44.8 Å². The highest BCUT2D eigenvalue weighted by Gasteiger charge is 2.45. The van der Waals surface area contributed by atoms with Gasteiger partial charge in [-0.25, -0.2) is 4.79 Å². The summed E-state index contributed by atoms with van der Waals surface area (Å²) in [5.41, 5.74) is -0.578. The maximum atomic E-state index is 11.9. The summed E-state index contributed by atoms with van der Waals surface area (Å²) >= 11 is 0. The molecule has 1 aliphatic rings. The molecule has 0 aromatic rings. The second-order valence-corrected chi connectivity index (χ2v) is 5.02. The summed E-state index contributed by atoms with van der Waals surface area (Å²) in [4.78, 5) is 13.2. The Bertz CT molecular complexity index is 276. The van der Waals surface area contributed by atoms with E-state index in [2.05, 4.69) is 0 Å². The van der Waals surface area contributed by atoms with Gasteiger partial charge in [0.15, 0.2) is 6.23 Å². The average Bonchev–Trinajstić information content (AvgIpc) is 2.52. The second-order valence-electron chi connectivity index (χ2n) is 5.02. The van der Waals surface area contributed by atoms with Gasteiger partial charge in [0, 0.05) is 14.2 Å². The molecule has 0 aromatic heterocycles. The molecule has 1 aliphatic heterocycles. The first-order valence-corrected chi connectivity index (χ1v) is 5.53. The number of hydrogen-bond donors (Lipinski definition) is 1. The molecule has 6 heteroatoms. The number of aliphatic hydroxyl groups excluding tert-OH is 1. The summed E-state index contributed by atoms with van der Waals surface area (Å²) in [6.07, 6.45) is -2.55. The van der Waals surface area contributed by atoms with Gasteiger partial charge in [-0.1, -0.05) is 0 Å². The molecule has 1 saturated heterocycles. The summed E-state index contributed by atoms with van der Waals surface area (Å²) in [6.45, 7) is 5.61. The van der Waals surface area contributed by atoms with Crippen molar-refractivity contribution in [2.24, 2.45) is 0 Å². The first-order chi connectivity index (χ1) is 7.80. The van der Waals surface area contributed by atoms with Crippen LogP contribution in [0.4, 0.5) is 4.79 Å². The van der Waals surface area contributed by atoms with Crippen LogP contribution < -0.4 is 0 Å². The van der Waals surface area contributed by atoms with E-state index < -0.39 is 30.1 Å². The zero-order valence-electron chi connectivity index (χ0n) is 11.0. The van der Waals surface area contributed by atoms with E-state index >= 15 is 0 Å². The minimum absolute atomic E-state index is 0.255. The molecule has 17 heavy (non-hydrogen) atoms. The fraction of sp³-hybridized carbons (Fsp3) is 0.909. The highest BCUT2D eigenvalue weighted by molar-refractivity contribution is 5.69. The number of likely N-dealkylation sites (tertiary alicyclic amines) is 1. The number of carbonyl (C=O) groups excluding carboxylic acids is 1. The molecule has 0 aliphatic carbocycles. The fourth-order valence-corrected chi connectivity index (χ4v) is 1.75. The number of nitrogens with zero attached hydrogens (tertiary/aromatic N) is 1. The van der Waals surface area contributed by atoms with Crippen molar-refractivity contribution < 1.29 is 24.1 Å². The van der Waals surface area contributed by atoms with Gasteiger partial charge in [-0.05, 0) is 20.8 Å². The monoisotopic (exact) mass is 247 g/mol. The molecule has 100 valence electrons. The number of methoxy groups -OCH3 is 2. The first-order valence-electron chi connectivity index (χ1n) is 5.53. The molecule has 0 bridgehead atoms. The van der Waals surface area contributed by atoms with Crippen LogP contribution in [0.25, 0.3) is 0 Å². The minimum atomic E-state index is -0.863. The van der Waals surface area contributed by atoms with E-state index in [1.54, 1.807) is 20.8 Å². The van der Waals surface area contributed by atoms with Crippen molar-refractivity contribution in [3.63, 3.8) is 0 Å². The van der Waals surface area contributed by atoms with E-state index in [1.807, 2.05) is 0 Å². The van der Waals surface area contributed by atoms with Gasteiger partial charge in [0.1, 0.15) is 17.8 Å². The Labute approximate surface area is 101 Å². The van der Waals surface area contributed by atoms with E-state index in [1.165, 1.54) is 19.1 Å². The van der Waals surface area contributed by atoms with Gasteiger partial charge in [0.05, 0.1) is 6.54 Å². The number of carbonyl (C=O) groups is 1. The second kappa shape index (κ2) is 5.20. The molecular weight excluding hydrogens is 226 g/mol.